The molecule has 3 rings (SSSR count). The lowest BCUT2D eigenvalue weighted by atomic mass is 10.1. The molecule has 0 bridgehead atoms. The Kier molecular flexibility index (Phi) is 5.38. The largest absolute Gasteiger partial charge is 0.338 e. The number of sulfone groups is 1. The van der Waals surface area contributed by atoms with Gasteiger partial charge < -0.3 is 4.90 Å². The minimum absolute atomic E-state index is 0.169. The standard InChI is InChI=1S/C19H20N2O3S2/c1-21(13-18-20-15-10-6-7-11-16(15)25-18)19(22)17(26(2,23)24)12-14-8-4-3-5-9-14/h3-11,17H,12-13H2,1-2H3/t17-/m0/s1. The lowest BCUT2D eigenvalue weighted by molar-refractivity contribution is -0.129. The van der Waals surface area contributed by atoms with E-state index in [1.54, 1.807) is 7.05 Å². The van der Waals surface area contributed by atoms with Crippen LogP contribution in [-0.2, 0) is 27.6 Å². The van der Waals surface area contributed by atoms with Crippen molar-refractivity contribution in [2.24, 2.45) is 0 Å². The molecular formula is C19H20N2O3S2. The van der Waals surface area contributed by atoms with E-state index in [1.807, 2.05) is 54.6 Å². The molecule has 0 radical (unpaired) electrons. The fourth-order valence-corrected chi connectivity index (χ4v) is 4.83. The molecule has 136 valence electrons. The van der Waals surface area contributed by atoms with Crippen LogP contribution in [0.2, 0.25) is 0 Å². The molecule has 0 aliphatic rings. The number of para-hydroxylation sites is 1. The average molecular weight is 389 g/mol. The van der Waals surface area contributed by atoms with Crippen LogP contribution in [0.3, 0.4) is 0 Å². The summed E-state index contributed by atoms with van der Waals surface area (Å²) in [5.74, 6) is -0.407. The maximum Gasteiger partial charge on any atom is 0.241 e. The van der Waals surface area contributed by atoms with Crippen LogP contribution in [-0.4, -0.2) is 42.8 Å². The van der Waals surface area contributed by atoms with Crippen molar-refractivity contribution >= 4 is 37.3 Å². The fourth-order valence-electron chi connectivity index (χ4n) is 2.76. The number of thiazole rings is 1. The van der Waals surface area contributed by atoms with Crippen molar-refractivity contribution in [1.29, 1.82) is 0 Å². The maximum absolute atomic E-state index is 12.8. The highest BCUT2D eigenvalue weighted by molar-refractivity contribution is 7.92. The van der Waals surface area contributed by atoms with Crippen LogP contribution < -0.4 is 0 Å². The summed E-state index contributed by atoms with van der Waals surface area (Å²) in [5.41, 5.74) is 1.71. The van der Waals surface area contributed by atoms with Crippen molar-refractivity contribution in [2.75, 3.05) is 13.3 Å². The van der Waals surface area contributed by atoms with Crippen molar-refractivity contribution in [3.05, 3.63) is 65.2 Å². The average Bonchev–Trinajstić information content (AvgIpc) is 3.01. The molecule has 0 spiro atoms. The number of fused-ring (bicyclic) bond motifs is 1. The molecule has 0 aliphatic carbocycles. The van der Waals surface area contributed by atoms with Gasteiger partial charge in [0.1, 0.15) is 10.3 Å². The Hall–Kier alpha value is -2.25. The number of carbonyl (C=O) groups is 1. The third-order valence-corrected chi connectivity index (χ3v) is 6.57. The van der Waals surface area contributed by atoms with E-state index < -0.39 is 21.0 Å². The molecule has 7 heteroatoms. The number of rotatable bonds is 6. The number of aromatic nitrogens is 1. The molecule has 0 aliphatic heterocycles. The minimum atomic E-state index is -3.53. The second kappa shape index (κ2) is 7.55. The molecule has 1 heterocycles. The Labute approximate surface area is 157 Å². The van der Waals surface area contributed by atoms with E-state index in [0.717, 1.165) is 27.0 Å². The Balaban J connectivity index is 1.79. The molecule has 3 aromatic rings. The molecule has 0 saturated heterocycles. The molecule has 0 N–H and O–H groups in total. The topological polar surface area (TPSA) is 67.3 Å². The van der Waals surface area contributed by atoms with Crippen molar-refractivity contribution in [3.8, 4) is 0 Å². The van der Waals surface area contributed by atoms with Gasteiger partial charge in [-0.3, -0.25) is 4.79 Å². The second-order valence-electron chi connectivity index (χ2n) is 6.28. The highest BCUT2D eigenvalue weighted by Gasteiger charge is 2.31. The van der Waals surface area contributed by atoms with Gasteiger partial charge in [0.05, 0.1) is 16.8 Å². The SMILES string of the molecule is CN(Cc1nc2ccccc2s1)C(=O)[C@H](Cc1ccccc1)S(C)(=O)=O. The monoisotopic (exact) mass is 388 g/mol. The summed E-state index contributed by atoms with van der Waals surface area (Å²) >= 11 is 1.51. The van der Waals surface area contributed by atoms with E-state index in [0.29, 0.717) is 6.54 Å². The number of amides is 1. The Morgan fingerprint density at radius 1 is 1.12 bits per heavy atom. The maximum atomic E-state index is 12.8. The smallest absolute Gasteiger partial charge is 0.241 e. The molecule has 5 nitrogen and oxygen atoms in total. The molecule has 0 fully saturated rings. The van der Waals surface area contributed by atoms with Gasteiger partial charge in [0.2, 0.25) is 5.91 Å². The van der Waals surface area contributed by atoms with E-state index in [9.17, 15) is 13.2 Å². The number of benzene rings is 2. The zero-order valence-corrected chi connectivity index (χ0v) is 16.3. The molecule has 1 aromatic heterocycles. The van der Waals surface area contributed by atoms with E-state index in [1.165, 1.54) is 16.2 Å². The van der Waals surface area contributed by atoms with Crippen LogP contribution in [0, 0.1) is 0 Å². The van der Waals surface area contributed by atoms with Gasteiger partial charge in [-0.05, 0) is 24.1 Å². The van der Waals surface area contributed by atoms with Crippen molar-refractivity contribution in [3.63, 3.8) is 0 Å². The highest BCUT2D eigenvalue weighted by atomic mass is 32.2. The van der Waals surface area contributed by atoms with Crippen molar-refractivity contribution in [1.82, 2.24) is 9.88 Å². The van der Waals surface area contributed by atoms with Crippen LogP contribution >= 0.6 is 11.3 Å². The number of carbonyl (C=O) groups excluding carboxylic acids is 1. The van der Waals surface area contributed by atoms with Crippen LogP contribution in [0.25, 0.3) is 10.2 Å². The lowest BCUT2D eigenvalue weighted by Crippen LogP contribution is -2.41. The Bertz CT molecular complexity index is 980. The van der Waals surface area contributed by atoms with Crippen LogP contribution in [0.4, 0.5) is 0 Å². The van der Waals surface area contributed by atoms with E-state index in [2.05, 4.69) is 4.98 Å². The first kappa shape index (κ1) is 18.5. The van der Waals surface area contributed by atoms with E-state index in [4.69, 9.17) is 0 Å². The van der Waals surface area contributed by atoms with E-state index in [-0.39, 0.29) is 6.42 Å². The number of hydrogen-bond donors (Lipinski definition) is 0. The molecular weight excluding hydrogens is 368 g/mol. The van der Waals surface area contributed by atoms with Crippen LogP contribution in [0.5, 0.6) is 0 Å². The molecule has 26 heavy (non-hydrogen) atoms. The van der Waals surface area contributed by atoms with Gasteiger partial charge in [-0.2, -0.15) is 0 Å². The minimum Gasteiger partial charge on any atom is -0.338 e. The van der Waals surface area contributed by atoms with Crippen LogP contribution in [0.1, 0.15) is 10.6 Å². The predicted octanol–water partition coefficient (Wildman–Crippen LogP) is 2.91. The summed E-state index contributed by atoms with van der Waals surface area (Å²) in [4.78, 5) is 18.8. The van der Waals surface area contributed by atoms with Gasteiger partial charge >= 0.3 is 0 Å². The van der Waals surface area contributed by atoms with Gasteiger partial charge in [-0.1, -0.05) is 42.5 Å². The summed E-state index contributed by atoms with van der Waals surface area (Å²) in [5, 5.41) is -0.307. The van der Waals surface area contributed by atoms with Crippen molar-refractivity contribution < 1.29 is 13.2 Å². The predicted molar refractivity (Wildman–Crippen MR) is 105 cm³/mol. The summed E-state index contributed by atoms with van der Waals surface area (Å²) in [6.45, 7) is 0.291. The first-order chi connectivity index (χ1) is 12.3. The second-order valence-corrected chi connectivity index (χ2v) is 9.62. The Morgan fingerprint density at radius 3 is 2.42 bits per heavy atom. The molecule has 0 unspecified atom stereocenters. The van der Waals surface area contributed by atoms with Gasteiger partial charge in [0, 0.05) is 13.3 Å². The lowest BCUT2D eigenvalue weighted by Gasteiger charge is -2.22. The van der Waals surface area contributed by atoms with Gasteiger partial charge in [-0.25, -0.2) is 13.4 Å². The summed E-state index contributed by atoms with van der Waals surface area (Å²) in [6, 6.07) is 17.0. The summed E-state index contributed by atoms with van der Waals surface area (Å²) < 4.78 is 25.5. The molecule has 0 saturated carbocycles. The quantitative estimate of drug-likeness (QED) is 0.651. The number of hydrogen-bond acceptors (Lipinski definition) is 5. The molecule has 1 atom stereocenters. The third kappa shape index (κ3) is 4.28. The Morgan fingerprint density at radius 2 is 1.77 bits per heavy atom. The first-order valence-electron chi connectivity index (χ1n) is 8.17. The van der Waals surface area contributed by atoms with Gasteiger partial charge in [0.25, 0.3) is 0 Å². The number of nitrogens with zero attached hydrogens (tertiary/aromatic N) is 2. The van der Waals surface area contributed by atoms with Crippen molar-refractivity contribution in [2.45, 2.75) is 18.2 Å². The third-order valence-electron chi connectivity index (χ3n) is 4.14. The van der Waals surface area contributed by atoms with Gasteiger partial charge in [-0.15, -0.1) is 11.3 Å². The first-order valence-corrected chi connectivity index (χ1v) is 10.9. The molecule has 2 aromatic carbocycles. The molecule has 1 amide bonds. The summed E-state index contributed by atoms with van der Waals surface area (Å²) in [6.07, 6.45) is 1.28. The van der Waals surface area contributed by atoms with E-state index >= 15 is 0 Å². The fraction of sp³-hybridized carbons (Fsp3) is 0.263. The van der Waals surface area contributed by atoms with Crippen LogP contribution in [0.15, 0.2) is 54.6 Å². The highest BCUT2D eigenvalue weighted by Crippen LogP contribution is 2.23. The summed E-state index contributed by atoms with van der Waals surface area (Å²) in [7, 11) is -1.91. The normalized spacial score (nSPS) is 12.8. The zero-order chi connectivity index (χ0) is 18.7. The zero-order valence-electron chi connectivity index (χ0n) is 14.6. The van der Waals surface area contributed by atoms with Gasteiger partial charge in [0.15, 0.2) is 9.84 Å².